The Hall–Kier alpha value is -3.68. The fourth-order valence-corrected chi connectivity index (χ4v) is 2.90. The molecule has 0 atom stereocenters. The number of hydrogen-bond donors (Lipinski definition) is 2. The van der Waals surface area contributed by atoms with E-state index in [1.165, 1.54) is 17.0 Å². The number of carbonyl (C=O) groups excluding carboxylic acids is 1. The maximum absolute atomic E-state index is 12.4. The highest BCUT2D eigenvalue weighted by atomic mass is 16.6. The van der Waals surface area contributed by atoms with Crippen LogP contribution in [0.4, 0.5) is 16.2 Å². The molecule has 0 saturated carbocycles. The number of anilines is 1. The van der Waals surface area contributed by atoms with Crippen LogP contribution in [0.3, 0.4) is 0 Å². The lowest BCUT2D eigenvalue weighted by molar-refractivity contribution is -0.384. The van der Waals surface area contributed by atoms with Crippen molar-refractivity contribution in [1.82, 2.24) is 5.32 Å². The molecule has 8 heteroatoms. The lowest BCUT2D eigenvalue weighted by Gasteiger charge is -2.19. The molecular formula is C22H25N3O5. The number of nitro benzene ring substituents is 1. The van der Waals surface area contributed by atoms with Crippen molar-refractivity contribution in [2.24, 2.45) is 0 Å². The molecule has 0 radical (unpaired) electrons. The molecule has 2 aromatic carbocycles. The zero-order chi connectivity index (χ0) is 22.1. The first-order valence-corrected chi connectivity index (χ1v) is 9.65. The molecule has 0 aliphatic rings. The standard InChI is InChI=1S/C22H25N3O5/c1-3-4-5-13-23-22(28)24(2)18-8-6-7-17(15-18)19-11-9-16(10-12-21(26)27)14-20(19)25(29)30/h6-12,14-15H,3-5,13H2,1-2H3,(H,23,28)(H,26,27). The number of carboxylic acid groups (broad SMARTS) is 1. The molecule has 0 unspecified atom stereocenters. The predicted molar refractivity (Wildman–Crippen MR) is 117 cm³/mol. The van der Waals surface area contributed by atoms with Crippen LogP contribution in [0.5, 0.6) is 0 Å². The molecule has 2 N–H and O–H groups in total. The summed E-state index contributed by atoms with van der Waals surface area (Å²) in [7, 11) is 1.64. The van der Waals surface area contributed by atoms with Crippen molar-refractivity contribution in [3.63, 3.8) is 0 Å². The molecular weight excluding hydrogens is 386 g/mol. The fourth-order valence-electron chi connectivity index (χ4n) is 2.90. The smallest absolute Gasteiger partial charge is 0.328 e. The Morgan fingerprint density at radius 2 is 1.97 bits per heavy atom. The van der Waals surface area contributed by atoms with Gasteiger partial charge in [0.15, 0.2) is 0 Å². The largest absolute Gasteiger partial charge is 0.478 e. The third-order valence-corrected chi connectivity index (χ3v) is 4.54. The lowest BCUT2D eigenvalue weighted by atomic mass is 10.0. The number of carbonyl (C=O) groups is 2. The van der Waals surface area contributed by atoms with Gasteiger partial charge in [0, 0.05) is 31.4 Å². The van der Waals surface area contributed by atoms with E-state index in [1.807, 2.05) is 0 Å². The summed E-state index contributed by atoms with van der Waals surface area (Å²) in [6.07, 6.45) is 5.24. The summed E-state index contributed by atoms with van der Waals surface area (Å²) < 4.78 is 0. The van der Waals surface area contributed by atoms with Crippen molar-refractivity contribution in [2.75, 3.05) is 18.5 Å². The Morgan fingerprint density at radius 3 is 2.63 bits per heavy atom. The maximum Gasteiger partial charge on any atom is 0.328 e. The summed E-state index contributed by atoms with van der Waals surface area (Å²) >= 11 is 0. The van der Waals surface area contributed by atoms with E-state index in [0.717, 1.165) is 25.3 Å². The first-order valence-electron chi connectivity index (χ1n) is 9.65. The van der Waals surface area contributed by atoms with Crippen LogP contribution >= 0.6 is 0 Å². The van der Waals surface area contributed by atoms with Crippen molar-refractivity contribution < 1.29 is 19.6 Å². The molecule has 0 aromatic heterocycles. The number of aliphatic carboxylic acids is 1. The number of rotatable bonds is 9. The van der Waals surface area contributed by atoms with Gasteiger partial charge in [0.25, 0.3) is 5.69 Å². The summed E-state index contributed by atoms with van der Waals surface area (Å²) in [5.41, 5.74) is 1.83. The zero-order valence-electron chi connectivity index (χ0n) is 17.0. The highest BCUT2D eigenvalue weighted by Crippen LogP contribution is 2.33. The van der Waals surface area contributed by atoms with Crippen molar-refractivity contribution in [3.05, 3.63) is 64.2 Å². The SMILES string of the molecule is CCCCCNC(=O)N(C)c1cccc(-c2ccc(C=CC(=O)O)cc2[N+](=O)[O-])c1. The van der Waals surface area contributed by atoms with E-state index >= 15 is 0 Å². The number of nitrogens with zero attached hydrogens (tertiary/aromatic N) is 2. The minimum absolute atomic E-state index is 0.147. The van der Waals surface area contributed by atoms with Crippen LogP contribution < -0.4 is 10.2 Å². The van der Waals surface area contributed by atoms with E-state index in [1.54, 1.807) is 43.4 Å². The van der Waals surface area contributed by atoms with Gasteiger partial charge in [0.05, 0.1) is 10.5 Å². The normalized spacial score (nSPS) is 10.7. The minimum Gasteiger partial charge on any atom is -0.478 e. The average Bonchev–Trinajstić information content (AvgIpc) is 2.74. The van der Waals surface area contributed by atoms with Gasteiger partial charge in [-0.3, -0.25) is 15.0 Å². The molecule has 0 bridgehead atoms. The minimum atomic E-state index is -1.13. The molecule has 8 nitrogen and oxygen atoms in total. The van der Waals surface area contributed by atoms with E-state index in [0.29, 0.717) is 28.9 Å². The summed E-state index contributed by atoms with van der Waals surface area (Å²) in [5.74, 6) is -1.13. The summed E-state index contributed by atoms with van der Waals surface area (Å²) in [4.78, 5) is 35.6. The molecule has 2 rings (SSSR count). The summed E-state index contributed by atoms with van der Waals surface area (Å²) in [6.45, 7) is 2.68. The van der Waals surface area contributed by atoms with Gasteiger partial charge in [0.2, 0.25) is 0 Å². The van der Waals surface area contributed by atoms with Crippen molar-refractivity contribution >= 4 is 29.5 Å². The van der Waals surface area contributed by atoms with Crippen molar-refractivity contribution in [3.8, 4) is 11.1 Å². The molecule has 30 heavy (non-hydrogen) atoms. The van der Waals surface area contributed by atoms with Crippen LogP contribution in [0.15, 0.2) is 48.5 Å². The first-order chi connectivity index (χ1) is 14.3. The topological polar surface area (TPSA) is 113 Å². The van der Waals surface area contributed by atoms with Gasteiger partial charge >= 0.3 is 12.0 Å². The highest BCUT2D eigenvalue weighted by Gasteiger charge is 2.17. The molecule has 2 aromatic rings. The Morgan fingerprint density at radius 1 is 1.20 bits per heavy atom. The summed E-state index contributed by atoms with van der Waals surface area (Å²) in [5, 5.41) is 23.2. The van der Waals surface area contributed by atoms with Gasteiger partial charge in [-0.1, -0.05) is 38.0 Å². The van der Waals surface area contributed by atoms with Gasteiger partial charge in [0.1, 0.15) is 0 Å². The van der Waals surface area contributed by atoms with E-state index in [2.05, 4.69) is 12.2 Å². The first kappa shape index (κ1) is 22.6. The molecule has 0 aliphatic carbocycles. The number of hydrogen-bond acceptors (Lipinski definition) is 4. The van der Waals surface area contributed by atoms with Gasteiger partial charge in [-0.05, 0) is 41.8 Å². The van der Waals surface area contributed by atoms with E-state index in [4.69, 9.17) is 5.11 Å². The third kappa shape index (κ3) is 6.16. The van der Waals surface area contributed by atoms with Gasteiger partial charge in [-0.2, -0.15) is 0 Å². The fraction of sp³-hybridized carbons (Fsp3) is 0.273. The lowest BCUT2D eigenvalue weighted by Crippen LogP contribution is -2.37. The molecule has 0 fully saturated rings. The molecule has 0 saturated heterocycles. The number of carboxylic acids is 1. The number of urea groups is 1. The summed E-state index contributed by atoms with van der Waals surface area (Å²) in [6, 6.07) is 11.2. The predicted octanol–water partition coefficient (Wildman–Crippen LogP) is 4.70. The van der Waals surface area contributed by atoms with Crippen molar-refractivity contribution in [2.45, 2.75) is 26.2 Å². The van der Waals surface area contributed by atoms with Crippen molar-refractivity contribution in [1.29, 1.82) is 0 Å². The second kappa shape index (κ2) is 10.8. The monoisotopic (exact) mass is 411 g/mol. The Kier molecular flexibility index (Phi) is 8.10. The van der Waals surface area contributed by atoms with E-state index in [9.17, 15) is 19.7 Å². The quantitative estimate of drug-likeness (QED) is 0.269. The third-order valence-electron chi connectivity index (χ3n) is 4.54. The zero-order valence-corrected chi connectivity index (χ0v) is 17.0. The van der Waals surface area contributed by atoms with Crippen LogP contribution in [0.25, 0.3) is 17.2 Å². The van der Waals surface area contributed by atoms with Crippen LogP contribution in [0.1, 0.15) is 31.7 Å². The van der Waals surface area contributed by atoms with Crippen LogP contribution in [-0.2, 0) is 4.79 Å². The van der Waals surface area contributed by atoms with E-state index in [-0.39, 0.29) is 11.7 Å². The molecule has 0 heterocycles. The Labute approximate surface area is 175 Å². The number of amides is 2. The number of nitro groups is 1. The maximum atomic E-state index is 12.4. The molecule has 0 aliphatic heterocycles. The second-order valence-corrected chi connectivity index (χ2v) is 6.75. The second-order valence-electron chi connectivity index (χ2n) is 6.75. The Bertz CT molecular complexity index is 956. The highest BCUT2D eigenvalue weighted by molar-refractivity contribution is 5.92. The molecule has 2 amide bonds. The number of nitrogens with one attached hydrogen (secondary N) is 1. The van der Waals surface area contributed by atoms with Gasteiger partial charge in [-0.25, -0.2) is 9.59 Å². The number of benzene rings is 2. The van der Waals surface area contributed by atoms with Crippen LogP contribution in [0.2, 0.25) is 0 Å². The van der Waals surface area contributed by atoms with E-state index < -0.39 is 10.9 Å². The van der Waals surface area contributed by atoms with Crippen LogP contribution in [0, 0.1) is 10.1 Å². The van der Waals surface area contributed by atoms with Gasteiger partial charge < -0.3 is 10.4 Å². The van der Waals surface area contributed by atoms with Gasteiger partial charge in [-0.15, -0.1) is 0 Å². The number of unbranched alkanes of at least 4 members (excludes halogenated alkanes) is 2. The molecule has 0 spiro atoms. The Balaban J connectivity index is 2.29. The van der Waals surface area contributed by atoms with Crippen LogP contribution in [-0.4, -0.2) is 35.6 Å². The molecule has 158 valence electrons. The average molecular weight is 411 g/mol.